The number of aromatic nitrogens is 2. The van der Waals surface area contributed by atoms with E-state index in [1.165, 1.54) is 32.3 Å². The maximum atomic E-state index is 14.4. The number of amides is 3. The number of aliphatic carboxylic acids is 1. The van der Waals surface area contributed by atoms with Gasteiger partial charge in [0.05, 0.1) is 17.8 Å². The van der Waals surface area contributed by atoms with E-state index in [4.69, 9.17) is 4.74 Å². The molecule has 2 fully saturated rings. The summed E-state index contributed by atoms with van der Waals surface area (Å²) in [5.74, 6) is -2.64. The minimum atomic E-state index is -1.47. The van der Waals surface area contributed by atoms with Crippen molar-refractivity contribution < 1.29 is 29.0 Å². The van der Waals surface area contributed by atoms with Gasteiger partial charge in [0.25, 0.3) is 5.56 Å². The van der Waals surface area contributed by atoms with E-state index in [1.807, 2.05) is 45.8 Å². The number of ether oxygens (including phenoxy) is 1. The summed E-state index contributed by atoms with van der Waals surface area (Å²) in [6.07, 6.45) is 8.24. The van der Waals surface area contributed by atoms with Crippen LogP contribution in [-0.2, 0) is 19.1 Å². The summed E-state index contributed by atoms with van der Waals surface area (Å²) in [6.45, 7) is 5.14. The first kappa shape index (κ1) is 34.6. The molecule has 3 aromatic rings. The number of hydrogen-bond acceptors (Lipinski definition) is 9. The molecule has 1 saturated carbocycles. The van der Waals surface area contributed by atoms with Crippen LogP contribution in [0.15, 0.2) is 56.8 Å². The van der Waals surface area contributed by atoms with Crippen molar-refractivity contribution in [1.29, 1.82) is 0 Å². The van der Waals surface area contributed by atoms with Crippen LogP contribution >= 0.6 is 22.7 Å². The van der Waals surface area contributed by atoms with Crippen LogP contribution < -0.4 is 16.2 Å². The highest BCUT2D eigenvalue weighted by molar-refractivity contribution is 7.08. The molecule has 0 bridgehead atoms. The molecule has 5 atom stereocenters. The van der Waals surface area contributed by atoms with E-state index in [9.17, 15) is 29.1 Å². The number of carbonyl (C=O) groups excluding carboxylic acids is 3. The third-order valence-electron chi connectivity index (χ3n) is 9.32. The second-order valence-corrected chi connectivity index (χ2v) is 15.5. The topological polar surface area (TPSA) is 160 Å². The molecule has 12 nitrogen and oxygen atoms in total. The molecule has 5 heterocycles. The maximum absolute atomic E-state index is 14.4. The highest BCUT2D eigenvalue weighted by Crippen LogP contribution is 2.45. The second kappa shape index (κ2) is 13.9. The van der Waals surface area contributed by atoms with E-state index in [1.54, 1.807) is 27.0 Å². The first-order chi connectivity index (χ1) is 23.4. The van der Waals surface area contributed by atoms with Crippen LogP contribution in [0.4, 0.5) is 4.79 Å². The zero-order valence-corrected chi connectivity index (χ0v) is 29.4. The molecule has 3 aromatic heterocycles. The zero-order valence-electron chi connectivity index (χ0n) is 27.7. The highest BCUT2D eigenvalue weighted by Gasteiger charge is 2.61. The molecule has 1 unspecified atom stereocenters. The first-order valence-electron chi connectivity index (χ1n) is 16.6. The lowest BCUT2D eigenvalue weighted by atomic mass is 10.0. The van der Waals surface area contributed by atoms with E-state index in [0.717, 1.165) is 30.4 Å². The molecule has 1 saturated heterocycles. The number of hydrogen-bond donors (Lipinski definition) is 3. The summed E-state index contributed by atoms with van der Waals surface area (Å²) < 4.78 is 6.81. The first-order valence-corrected chi connectivity index (χ1v) is 18.5. The molecule has 1 aliphatic carbocycles. The number of carboxylic acids is 1. The predicted molar refractivity (Wildman–Crippen MR) is 186 cm³/mol. The molecule has 0 spiro atoms. The van der Waals surface area contributed by atoms with Crippen LogP contribution in [0.2, 0.25) is 0 Å². The van der Waals surface area contributed by atoms with Crippen LogP contribution in [-0.4, -0.2) is 73.4 Å². The van der Waals surface area contributed by atoms with Gasteiger partial charge in [-0.3, -0.25) is 14.4 Å². The van der Waals surface area contributed by atoms with E-state index in [0.29, 0.717) is 24.0 Å². The standard InChI is InChI=1S/C35H41N5O7S2/c1-34(2,3)47-33(46)37-26-10-8-6-4-5-7-9-23-16-35(23,32(44)45)38-29(41)27-15-24(18-39(27)30(26)42)40-31(43)28(22-12-14-49-20-22)25(17-36-40)21-11-13-48-19-21/h7,9,11-14,17,19-20,23-24,26-27H,4-6,8,10,15-16,18H2,1-3H3,(H,37,46)(H,38,41)(H,44,45)/t23?,24-,26+,27+,35-/m1/s1. The average Bonchev–Trinajstić information content (AvgIpc) is 3.56. The van der Waals surface area contributed by atoms with E-state index in [-0.39, 0.29) is 30.9 Å². The fourth-order valence-corrected chi connectivity index (χ4v) is 8.06. The summed E-state index contributed by atoms with van der Waals surface area (Å²) in [7, 11) is 0. The monoisotopic (exact) mass is 707 g/mol. The largest absolute Gasteiger partial charge is 0.479 e. The summed E-state index contributed by atoms with van der Waals surface area (Å²) >= 11 is 2.97. The Balaban J connectivity index is 1.38. The Bertz CT molecular complexity index is 1800. The normalized spacial score (nSPS) is 26.1. The molecule has 6 rings (SSSR count). The Hall–Kier alpha value is -4.30. The van der Waals surface area contributed by atoms with Crippen LogP contribution in [0, 0.1) is 5.92 Å². The SMILES string of the molecule is CC(C)(C)OC(=O)N[C@H]1CCCCCC=CC2C[C@@]2(C(=O)O)NC(=O)[C@@H]2C[C@@H](n3ncc(-c4ccsc4)c(-c4ccsc4)c3=O)CN2C1=O. The van der Waals surface area contributed by atoms with Crippen LogP contribution in [0.3, 0.4) is 0 Å². The van der Waals surface area contributed by atoms with E-state index in [2.05, 4.69) is 15.7 Å². The molecule has 0 aromatic carbocycles. The molecular formula is C35H41N5O7S2. The maximum Gasteiger partial charge on any atom is 0.408 e. The van der Waals surface area contributed by atoms with Crippen molar-refractivity contribution in [3.05, 3.63) is 62.4 Å². The quantitative estimate of drug-likeness (QED) is 0.305. The lowest BCUT2D eigenvalue weighted by molar-refractivity contribution is -0.145. The Morgan fingerprint density at radius 3 is 2.49 bits per heavy atom. The van der Waals surface area contributed by atoms with Gasteiger partial charge in [-0.05, 0) is 91.2 Å². The third-order valence-corrected chi connectivity index (χ3v) is 10.7. The van der Waals surface area contributed by atoms with Crippen LogP contribution in [0.25, 0.3) is 22.3 Å². The van der Waals surface area contributed by atoms with Crippen molar-refractivity contribution in [1.82, 2.24) is 25.3 Å². The van der Waals surface area contributed by atoms with Crippen molar-refractivity contribution >= 4 is 46.6 Å². The van der Waals surface area contributed by atoms with Gasteiger partial charge in [0.1, 0.15) is 23.2 Å². The summed E-state index contributed by atoms with van der Waals surface area (Å²) in [6, 6.07) is 0.988. The number of thiophene rings is 2. The smallest absolute Gasteiger partial charge is 0.408 e. The van der Waals surface area contributed by atoms with Crippen molar-refractivity contribution in [3.8, 4) is 22.3 Å². The third kappa shape index (κ3) is 7.35. The molecule has 3 N–H and O–H groups in total. The lowest BCUT2D eigenvalue weighted by Gasteiger charge is -2.30. The van der Waals surface area contributed by atoms with Crippen molar-refractivity contribution in [2.24, 2.45) is 5.92 Å². The number of nitrogens with one attached hydrogen (secondary N) is 2. The number of carboxylic acid groups (broad SMARTS) is 1. The fraction of sp³-hybridized carbons (Fsp3) is 0.486. The molecule has 3 amide bonds. The number of rotatable bonds is 5. The molecule has 2 aliphatic heterocycles. The zero-order chi connectivity index (χ0) is 34.9. The van der Waals surface area contributed by atoms with Gasteiger partial charge in [-0.1, -0.05) is 25.0 Å². The molecular weight excluding hydrogens is 667 g/mol. The van der Waals surface area contributed by atoms with Crippen molar-refractivity contribution in [2.75, 3.05) is 6.54 Å². The van der Waals surface area contributed by atoms with Gasteiger partial charge in [-0.25, -0.2) is 14.3 Å². The minimum Gasteiger partial charge on any atom is -0.479 e. The Kier molecular flexibility index (Phi) is 9.81. The summed E-state index contributed by atoms with van der Waals surface area (Å²) in [4.78, 5) is 69.5. The average molecular weight is 708 g/mol. The predicted octanol–water partition coefficient (Wildman–Crippen LogP) is 5.22. The lowest BCUT2D eigenvalue weighted by Crippen LogP contribution is -2.56. The van der Waals surface area contributed by atoms with Gasteiger partial charge in [0.2, 0.25) is 11.8 Å². The number of allylic oxidation sites excluding steroid dienone is 1. The van der Waals surface area contributed by atoms with Crippen molar-refractivity contribution in [3.63, 3.8) is 0 Å². The van der Waals surface area contributed by atoms with Crippen LogP contribution in [0.1, 0.15) is 71.8 Å². The van der Waals surface area contributed by atoms with Crippen LogP contribution in [0.5, 0.6) is 0 Å². The van der Waals surface area contributed by atoms with Gasteiger partial charge in [0.15, 0.2) is 0 Å². The van der Waals surface area contributed by atoms with Crippen molar-refractivity contribution in [2.45, 2.75) is 95.0 Å². The molecule has 0 radical (unpaired) electrons. The Morgan fingerprint density at radius 1 is 1.08 bits per heavy atom. The molecule has 260 valence electrons. The number of alkyl carbamates (subject to hydrolysis) is 1. The Labute approximate surface area is 292 Å². The molecule has 14 heteroatoms. The Morgan fingerprint density at radius 2 is 1.82 bits per heavy atom. The number of fused-ring (bicyclic) bond motifs is 2. The summed E-state index contributed by atoms with van der Waals surface area (Å²) in [5, 5.41) is 27.9. The minimum absolute atomic E-state index is 0.0285. The number of nitrogens with zero attached hydrogens (tertiary/aromatic N) is 3. The van der Waals surface area contributed by atoms with Gasteiger partial charge >= 0.3 is 12.1 Å². The van der Waals surface area contributed by atoms with Gasteiger partial charge < -0.3 is 25.4 Å². The highest BCUT2D eigenvalue weighted by atomic mass is 32.1. The van der Waals surface area contributed by atoms with E-state index >= 15 is 0 Å². The van der Waals surface area contributed by atoms with Gasteiger partial charge in [0, 0.05) is 24.4 Å². The van der Waals surface area contributed by atoms with Gasteiger partial charge in [-0.15, -0.1) is 0 Å². The second-order valence-electron chi connectivity index (χ2n) is 13.9. The fourth-order valence-electron chi connectivity index (χ4n) is 6.75. The summed E-state index contributed by atoms with van der Waals surface area (Å²) in [5.41, 5.74) is 0.122. The number of carbonyl (C=O) groups is 4. The van der Waals surface area contributed by atoms with E-state index < -0.39 is 53.1 Å². The molecule has 3 aliphatic rings. The molecule has 49 heavy (non-hydrogen) atoms. The van der Waals surface area contributed by atoms with Gasteiger partial charge in [-0.2, -0.15) is 27.8 Å².